The van der Waals surface area contributed by atoms with Gasteiger partial charge in [0.05, 0.1) is 18.0 Å². The van der Waals surface area contributed by atoms with Crippen LogP contribution in [-0.4, -0.2) is 43.3 Å². The third kappa shape index (κ3) is 10.2. The molecule has 0 bridgehead atoms. The highest BCUT2D eigenvalue weighted by Gasteiger charge is 2.28. The second-order valence-corrected chi connectivity index (χ2v) is 13.8. The van der Waals surface area contributed by atoms with E-state index >= 15 is 0 Å². The van der Waals surface area contributed by atoms with Crippen molar-refractivity contribution in [2.45, 2.75) is 51.3 Å². The normalized spacial score (nSPS) is 13.0. The van der Waals surface area contributed by atoms with E-state index in [2.05, 4.69) is 15.4 Å². The summed E-state index contributed by atoms with van der Waals surface area (Å²) in [6.07, 6.45) is 1.05. The van der Waals surface area contributed by atoms with Crippen LogP contribution in [0.25, 0.3) is 10.6 Å². The Morgan fingerprint density at radius 3 is 2.07 bits per heavy atom. The molecule has 0 aliphatic heterocycles. The minimum Gasteiger partial charge on any atom is -0.444 e. The predicted octanol–water partition coefficient (Wildman–Crippen LogP) is 5.72. The number of carbonyl (C=O) groups is 2. The lowest BCUT2D eigenvalue weighted by molar-refractivity contribution is -0.124. The molecule has 0 fully saturated rings. The molecule has 3 aromatic carbocycles. The molecule has 43 heavy (non-hydrogen) atoms. The number of aromatic nitrogens is 1. The third-order valence-electron chi connectivity index (χ3n) is 6.20. The monoisotopic (exact) mass is 620 g/mol. The zero-order valence-electron chi connectivity index (χ0n) is 24.5. The Labute approximate surface area is 256 Å². The number of hydrogen-bond acceptors (Lipinski definition) is 7. The van der Waals surface area contributed by atoms with Crippen molar-refractivity contribution < 1.29 is 22.7 Å². The van der Waals surface area contributed by atoms with E-state index in [1.807, 2.05) is 66.0 Å². The van der Waals surface area contributed by atoms with E-state index in [4.69, 9.17) is 9.72 Å². The SMILES string of the molecule is CC(C)(C)OC(=O)NC(Cc1ccccc1)C(=O)NC(Cc1ccc(NS(C)(=O)=O)cc1)c1csc(-c2ccccc2)n1. The van der Waals surface area contributed by atoms with Gasteiger partial charge in [-0.05, 0) is 50.5 Å². The van der Waals surface area contributed by atoms with Gasteiger partial charge in [0.25, 0.3) is 0 Å². The first kappa shape index (κ1) is 31.7. The number of sulfonamides is 1. The van der Waals surface area contributed by atoms with Crippen molar-refractivity contribution in [1.82, 2.24) is 15.6 Å². The Kier molecular flexibility index (Phi) is 10.2. The fraction of sp³-hybridized carbons (Fsp3) is 0.281. The predicted molar refractivity (Wildman–Crippen MR) is 170 cm³/mol. The molecule has 2 atom stereocenters. The number of nitrogens with one attached hydrogen (secondary N) is 3. The first-order valence-corrected chi connectivity index (χ1v) is 16.5. The molecule has 0 saturated carbocycles. The van der Waals surface area contributed by atoms with Gasteiger partial charge in [0, 0.05) is 23.1 Å². The van der Waals surface area contributed by atoms with Crippen molar-refractivity contribution in [3.05, 3.63) is 107 Å². The summed E-state index contributed by atoms with van der Waals surface area (Å²) in [6, 6.07) is 24.7. The van der Waals surface area contributed by atoms with Crippen molar-refractivity contribution in [1.29, 1.82) is 0 Å². The summed E-state index contributed by atoms with van der Waals surface area (Å²) in [6.45, 7) is 5.29. The number of thiazole rings is 1. The van der Waals surface area contributed by atoms with Gasteiger partial charge in [-0.25, -0.2) is 18.2 Å². The lowest BCUT2D eigenvalue weighted by atomic mass is 10.0. The Morgan fingerprint density at radius 1 is 0.860 bits per heavy atom. The zero-order chi connectivity index (χ0) is 31.0. The smallest absolute Gasteiger partial charge is 0.408 e. The highest BCUT2D eigenvalue weighted by atomic mass is 32.2. The van der Waals surface area contributed by atoms with Crippen LogP contribution in [-0.2, 0) is 32.4 Å². The fourth-order valence-electron chi connectivity index (χ4n) is 4.33. The number of carbonyl (C=O) groups excluding carboxylic acids is 2. The van der Waals surface area contributed by atoms with Gasteiger partial charge >= 0.3 is 6.09 Å². The first-order valence-electron chi connectivity index (χ1n) is 13.8. The van der Waals surface area contributed by atoms with Crippen LogP contribution in [0.4, 0.5) is 10.5 Å². The van der Waals surface area contributed by atoms with Crippen LogP contribution in [0.1, 0.15) is 43.6 Å². The largest absolute Gasteiger partial charge is 0.444 e. The number of anilines is 1. The summed E-state index contributed by atoms with van der Waals surface area (Å²) in [7, 11) is -3.41. The molecule has 2 amide bonds. The topological polar surface area (TPSA) is 126 Å². The molecule has 0 saturated heterocycles. The Morgan fingerprint density at radius 2 is 1.47 bits per heavy atom. The van der Waals surface area contributed by atoms with Crippen LogP contribution in [0.2, 0.25) is 0 Å². The summed E-state index contributed by atoms with van der Waals surface area (Å²) in [5.41, 5.74) is 3.09. The number of amides is 2. The van der Waals surface area contributed by atoms with E-state index in [0.29, 0.717) is 17.8 Å². The molecular weight excluding hydrogens is 585 g/mol. The average molecular weight is 621 g/mol. The highest BCUT2D eigenvalue weighted by Crippen LogP contribution is 2.28. The number of rotatable bonds is 11. The number of ether oxygens (including phenoxy) is 1. The number of alkyl carbamates (subject to hydrolysis) is 1. The minimum atomic E-state index is -3.41. The van der Waals surface area contributed by atoms with Gasteiger partial charge in [0.15, 0.2) is 0 Å². The highest BCUT2D eigenvalue weighted by molar-refractivity contribution is 7.92. The van der Waals surface area contributed by atoms with Gasteiger partial charge in [0.2, 0.25) is 15.9 Å². The molecular formula is C32H36N4O5S2. The van der Waals surface area contributed by atoms with Crippen molar-refractivity contribution in [3.63, 3.8) is 0 Å². The van der Waals surface area contributed by atoms with Crippen LogP contribution < -0.4 is 15.4 Å². The summed E-state index contributed by atoms with van der Waals surface area (Å²) >= 11 is 1.48. The molecule has 2 unspecified atom stereocenters. The van der Waals surface area contributed by atoms with E-state index in [1.165, 1.54) is 11.3 Å². The number of hydrogen-bond donors (Lipinski definition) is 3. The van der Waals surface area contributed by atoms with Crippen LogP contribution in [0.3, 0.4) is 0 Å². The molecule has 0 spiro atoms. The van der Waals surface area contributed by atoms with E-state index in [0.717, 1.165) is 28.0 Å². The van der Waals surface area contributed by atoms with Crippen molar-refractivity contribution in [2.24, 2.45) is 0 Å². The van der Waals surface area contributed by atoms with Gasteiger partial charge in [-0.15, -0.1) is 11.3 Å². The van der Waals surface area contributed by atoms with Crippen molar-refractivity contribution in [3.8, 4) is 10.6 Å². The average Bonchev–Trinajstić information content (AvgIpc) is 3.43. The second kappa shape index (κ2) is 13.8. The lowest BCUT2D eigenvalue weighted by Gasteiger charge is -2.25. The van der Waals surface area contributed by atoms with E-state index in [-0.39, 0.29) is 12.3 Å². The molecule has 1 aromatic heterocycles. The zero-order valence-corrected chi connectivity index (χ0v) is 26.2. The van der Waals surface area contributed by atoms with Crippen LogP contribution >= 0.6 is 11.3 Å². The van der Waals surface area contributed by atoms with Gasteiger partial charge < -0.3 is 15.4 Å². The number of nitrogens with zero attached hydrogens (tertiary/aromatic N) is 1. The maximum atomic E-state index is 13.8. The van der Waals surface area contributed by atoms with Crippen molar-refractivity contribution >= 4 is 39.0 Å². The lowest BCUT2D eigenvalue weighted by Crippen LogP contribution is -2.50. The maximum absolute atomic E-state index is 13.8. The third-order valence-corrected chi connectivity index (χ3v) is 7.72. The molecule has 226 valence electrons. The quantitative estimate of drug-likeness (QED) is 0.197. The van der Waals surface area contributed by atoms with Gasteiger partial charge in [-0.1, -0.05) is 72.8 Å². The van der Waals surface area contributed by atoms with Crippen molar-refractivity contribution in [2.75, 3.05) is 11.0 Å². The molecule has 0 radical (unpaired) electrons. The van der Waals surface area contributed by atoms with Gasteiger partial charge in [-0.3, -0.25) is 9.52 Å². The second-order valence-electron chi connectivity index (χ2n) is 11.2. The summed E-state index contributed by atoms with van der Waals surface area (Å²) in [4.78, 5) is 31.4. The van der Waals surface area contributed by atoms with Gasteiger partial charge in [-0.2, -0.15) is 0 Å². The van der Waals surface area contributed by atoms with E-state index in [1.54, 1.807) is 45.0 Å². The maximum Gasteiger partial charge on any atom is 0.408 e. The fourth-order valence-corrected chi connectivity index (χ4v) is 5.77. The summed E-state index contributed by atoms with van der Waals surface area (Å²) in [5, 5.41) is 8.59. The van der Waals surface area contributed by atoms with Crippen LogP contribution in [0, 0.1) is 0 Å². The summed E-state index contributed by atoms with van der Waals surface area (Å²) < 4.78 is 31.2. The first-order chi connectivity index (χ1) is 20.3. The molecule has 4 rings (SSSR count). The molecule has 3 N–H and O–H groups in total. The molecule has 9 nitrogen and oxygen atoms in total. The molecule has 4 aromatic rings. The van der Waals surface area contributed by atoms with Crippen LogP contribution in [0.15, 0.2) is 90.3 Å². The Hall–Kier alpha value is -4.22. The summed E-state index contributed by atoms with van der Waals surface area (Å²) in [5.74, 6) is -0.385. The standard InChI is InChI=1S/C32H36N4O5S2/c1-32(2,3)41-31(38)35-27(20-22-11-7-5-8-12-22)29(37)33-26(19-23-15-17-25(18-16-23)36-43(4,39)40)28-21-42-30(34-28)24-13-9-6-10-14-24/h5-18,21,26-27,36H,19-20H2,1-4H3,(H,33,37)(H,35,38). The molecule has 11 heteroatoms. The molecule has 0 aliphatic rings. The van der Waals surface area contributed by atoms with E-state index in [9.17, 15) is 18.0 Å². The van der Waals surface area contributed by atoms with E-state index < -0.39 is 33.8 Å². The minimum absolute atomic E-state index is 0.261. The Balaban J connectivity index is 1.61. The van der Waals surface area contributed by atoms with Crippen LogP contribution in [0.5, 0.6) is 0 Å². The molecule has 0 aliphatic carbocycles. The Bertz CT molecular complexity index is 1620. The van der Waals surface area contributed by atoms with Gasteiger partial charge in [0.1, 0.15) is 16.7 Å². The molecule has 1 heterocycles. The number of benzene rings is 3.